The maximum atomic E-state index is 13.6. The normalized spacial score (nSPS) is 23.0. The highest BCUT2D eigenvalue weighted by atomic mass is 16.5. The zero-order valence-electron chi connectivity index (χ0n) is 22.8. The van der Waals surface area contributed by atoms with Crippen LogP contribution < -0.4 is 16.4 Å². The van der Waals surface area contributed by atoms with Gasteiger partial charge in [0.15, 0.2) is 0 Å². The number of nitrogens with zero attached hydrogens (tertiary/aromatic N) is 2. The Bertz CT molecular complexity index is 970. The van der Waals surface area contributed by atoms with E-state index in [0.717, 1.165) is 37.7 Å². The number of ether oxygens (including phenoxy) is 1. The SMILES string of the molecule is CC(C)(C)C[C@@H](NC(=O)OCc1ccccc1)C(=O)N1CCC[C@H]1C(=O)NCC1CCC(C(N)=NO)CC1. The molecule has 1 heterocycles. The first-order chi connectivity index (χ1) is 18.1. The number of nitrogens with one attached hydrogen (secondary N) is 2. The molecule has 2 atom stereocenters. The predicted molar refractivity (Wildman–Crippen MR) is 144 cm³/mol. The van der Waals surface area contributed by atoms with Crippen molar-refractivity contribution in [3.05, 3.63) is 35.9 Å². The van der Waals surface area contributed by atoms with Crippen LogP contribution in [0.3, 0.4) is 0 Å². The monoisotopic (exact) mass is 529 g/mol. The van der Waals surface area contributed by atoms with E-state index in [0.29, 0.717) is 31.8 Å². The lowest BCUT2D eigenvalue weighted by Gasteiger charge is -2.32. The third-order valence-electron chi connectivity index (χ3n) is 7.40. The van der Waals surface area contributed by atoms with Crippen LogP contribution in [0.15, 0.2) is 35.5 Å². The van der Waals surface area contributed by atoms with Gasteiger partial charge in [-0.1, -0.05) is 56.3 Å². The number of carbonyl (C=O) groups is 3. The smallest absolute Gasteiger partial charge is 0.408 e. The van der Waals surface area contributed by atoms with Crippen molar-refractivity contribution in [1.82, 2.24) is 15.5 Å². The molecule has 1 saturated heterocycles. The lowest BCUT2D eigenvalue weighted by atomic mass is 9.81. The summed E-state index contributed by atoms with van der Waals surface area (Å²) in [6.45, 7) is 7.14. The van der Waals surface area contributed by atoms with Gasteiger partial charge in [-0.25, -0.2) is 4.79 Å². The Balaban J connectivity index is 1.56. The van der Waals surface area contributed by atoms with Gasteiger partial charge in [-0.3, -0.25) is 9.59 Å². The van der Waals surface area contributed by atoms with Crippen molar-refractivity contribution in [1.29, 1.82) is 0 Å². The van der Waals surface area contributed by atoms with Crippen LogP contribution in [0.4, 0.5) is 4.79 Å². The van der Waals surface area contributed by atoms with Crippen LogP contribution in [-0.2, 0) is 20.9 Å². The van der Waals surface area contributed by atoms with Gasteiger partial charge in [0.2, 0.25) is 11.8 Å². The molecule has 0 radical (unpaired) electrons. The van der Waals surface area contributed by atoms with Crippen molar-refractivity contribution in [3.8, 4) is 0 Å². The van der Waals surface area contributed by atoms with E-state index >= 15 is 0 Å². The fourth-order valence-electron chi connectivity index (χ4n) is 5.33. The molecule has 38 heavy (non-hydrogen) atoms. The van der Waals surface area contributed by atoms with Gasteiger partial charge < -0.3 is 31.2 Å². The quantitative estimate of drug-likeness (QED) is 0.167. The predicted octanol–water partition coefficient (Wildman–Crippen LogP) is 3.38. The molecule has 10 heteroatoms. The Morgan fingerprint density at radius 1 is 1.13 bits per heavy atom. The van der Waals surface area contributed by atoms with Gasteiger partial charge in [-0.05, 0) is 61.8 Å². The first-order valence-corrected chi connectivity index (χ1v) is 13.6. The highest BCUT2D eigenvalue weighted by Gasteiger charge is 2.39. The largest absolute Gasteiger partial charge is 0.445 e. The van der Waals surface area contributed by atoms with Gasteiger partial charge >= 0.3 is 6.09 Å². The van der Waals surface area contributed by atoms with Crippen LogP contribution in [0.1, 0.15) is 71.3 Å². The van der Waals surface area contributed by atoms with E-state index in [1.54, 1.807) is 4.90 Å². The summed E-state index contributed by atoms with van der Waals surface area (Å²) < 4.78 is 5.37. The highest BCUT2D eigenvalue weighted by molar-refractivity contribution is 5.92. The van der Waals surface area contributed by atoms with E-state index in [4.69, 9.17) is 15.7 Å². The van der Waals surface area contributed by atoms with Crippen LogP contribution in [0.25, 0.3) is 0 Å². The van der Waals surface area contributed by atoms with E-state index < -0.39 is 18.2 Å². The molecule has 1 aliphatic carbocycles. The Morgan fingerprint density at radius 2 is 1.82 bits per heavy atom. The summed E-state index contributed by atoms with van der Waals surface area (Å²) in [5, 5.41) is 17.8. The van der Waals surface area contributed by atoms with Gasteiger partial charge in [-0.15, -0.1) is 0 Å². The number of oxime groups is 1. The molecule has 2 fully saturated rings. The topological polar surface area (TPSA) is 146 Å². The van der Waals surface area contributed by atoms with Gasteiger partial charge in [0.05, 0.1) is 0 Å². The number of amidine groups is 1. The van der Waals surface area contributed by atoms with E-state index in [2.05, 4.69) is 15.8 Å². The minimum absolute atomic E-state index is 0.0847. The fourth-order valence-corrected chi connectivity index (χ4v) is 5.33. The number of hydrogen-bond donors (Lipinski definition) is 4. The summed E-state index contributed by atoms with van der Waals surface area (Å²) in [6.07, 6.45) is 4.51. The minimum atomic E-state index is -0.791. The molecule has 3 amide bonds. The first kappa shape index (κ1) is 29.3. The van der Waals surface area contributed by atoms with Crippen LogP contribution in [-0.4, -0.2) is 59.0 Å². The minimum Gasteiger partial charge on any atom is -0.445 e. The summed E-state index contributed by atoms with van der Waals surface area (Å²) in [7, 11) is 0. The molecular weight excluding hydrogens is 486 g/mol. The Hall–Kier alpha value is -3.30. The Kier molecular flexibility index (Phi) is 10.4. The molecule has 5 N–H and O–H groups in total. The molecule has 2 aliphatic rings. The van der Waals surface area contributed by atoms with Crippen molar-refractivity contribution in [2.45, 2.75) is 84.4 Å². The first-order valence-electron chi connectivity index (χ1n) is 13.6. The Labute approximate surface area is 225 Å². The number of nitrogens with two attached hydrogens (primary N) is 1. The maximum absolute atomic E-state index is 13.6. The molecule has 210 valence electrons. The van der Waals surface area contributed by atoms with Crippen molar-refractivity contribution in [3.63, 3.8) is 0 Å². The van der Waals surface area contributed by atoms with Crippen LogP contribution in [0.5, 0.6) is 0 Å². The van der Waals surface area contributed by atoms with Crippen molar-refractivity contribution < 1.29 is 24.3 Å². The third-order valence-corrected chi connectivity index (χ3v) is 7.40. The third kappa shape index (κ3) is 8.63. The van der Waals surface area contributed by atoms with Crippen LogP contribution in [0.2, 0.25) is 0 Å². The van der Waals surface area contributed by atoms with E-state index in [1.165, 1.54) is 0 Å². The molecule has 1 aromatic rings. The van der Waals surface area contributed by atoms with Gasteiger partial charge in [-0.2, -0.15) is 0 Å². The van der Waals surface area contributed by atoms with Crippen molar-refractivity contribution in [2.24, 2.45) is 28.1 Å². The average molecular weight is 530 g/mol. The van der Waals surface area contributed by atoms with E-state index in [-0.39, 0.29) is 35.6 Å². The summed E-state index contributed by atoms with van der Waals surface area (Å²) in [6, 6.07) is 8.01. The highest BCUT2D eigenvalue weighted by Crippen LogP contribution is 2.29. The summed E-state index contributed by atoms with van der Waals surface area (Å²) >= 11 is 0. The molecule has 1 saturated carbocycles. The number of likely N-dealkylation sites (tertiary alicyclic amines) is 1. The number of benzene rings is 1. The maximum Gasteiger partial charge on any atom is 0.408 e. The van der Waals surface area contributed by atoms with Crippen molar-refractivity contribution in [2.75, 3.05) is 13.1 Å². The van der Waals surface area contributed by atoms with E-state index in [9.17, 15) is 14.4 Å². The molecule has 0 unspecified atom stereocenters. The second-order valence-electron chi connectivity index (χ2n) is 11.7. The molecule has 0 aromatic heterocycles. The van der Waals surface area contributed by atoms with Gasteiger partial charge in [0.25, 0.3) is 0 Å². The molecule has 10 nitrogen and oxygen atoms in total. The van der Waals surface area contributed by atoms with Gasteiger partial charge in [0.1, 0.15) is 24.5 Å². The molecule has 1 aliphatic heterocycles. The molecular formula is C28H43N5O5. The molecule has 3 rings (SSSR count). The summed E-state index contributed by atoms with van der Waals surface area (Å²) in [4.78, 5) is 40.9. The average Bonchev–Trinajstić information content (AvgIpc) is 3.39. The summed E-state index contributed by atoms with van der Waals surface area (Å²) in [5.41, 5.74) is 6.37. The Morgan fingerprint density at radius 3 is 2.45 bits per heavy atom. The number of alkyl carbamates (subject to hydrolysis) is 1. The zero-order chi connectivity index (χ0) is 27.7. The van der Waals surface area contributed by atoms with Crippen LogP contribution >= 0.6 is 0 Å². The van der Waals surface area contributed by atoms with Crippen LogP contribution in [0, 0.1) is 17.3 Å². The van der Waals surface area contributed by atoms with Gasteiger partial charge in [0, 0.05) is 19.0 Å². The number of amides is 3. The van der Waals surface area contributed by atoms with Crippen molar-refractivity contribution >= 4 is 23.7 Å². The number of hydrogen-bond acceptors (Lipinski definition) is 6. The lowest BCUT2D eigenvalue weighted by Crippen LogP contribution is -2.54. The summed E-state index contributed by atoms with van der Waals surface area (Å²) in [5.74, 6) is 0.266. The molecule has 0 bridgehead atoms. The fraction of sp³-hybridized carbons (Fsp3) is 0.643. The number of carbonyl (C=O) groups excluding carboxylic acids is 3. The number of rotatable bonds is 9. The lowest BCUT2D eigenvalue weighted by molar-refractivity contribution is -0.140. The molecule has 1 aromatic carbocycles. The van der Waals surface area contributed by atoms with E-state index in [1.807, 2.05) is 51.1 Å². The second kappa shape index (κ2) is 13.5. The second-order valence-corrected chi connectivity index (χ2v) is 11.7. The standard InChI is InChI=1S/C28H43N5O5/c1-28(2,3)16-22(31-27(36)38-18-20-8-5-4-6-9-20)26(35)33-15-7-10-23(33)25(34)30-17-19-11-13-21(14-12-19)24(29)32-37/h4-6,8-9,19,21-23,37H,7,10-18H2,1-3H3,(H2,29,32)(H,30,34)(H,31,36)/t19?,21?,22-,23+/m1/s1. The zero-order valence-corrected chi connectivity index (χ0v) is 22.8. The molecule has 0 spiro atoms.